The maximum absolute atomic E-state index is 6.50. The van der Waals surface area contributed by atoms with E-state index in [-0.39, 0.29) is 5.38 Å². The molecule has 18 heavy (non-hydrogen) atoms. The molecule has 2 rings (SSSR count). The molecule has 0 aliphatic heterocycles. The van der Waals surface area contributed by atoms with Crippen LogP contribution in [0.15, 0.2) is 53.0 Å². The average Bonchev–Trinajstić information content (AvgIpc) is 2.40. The zero-order valence-corrected chi connectivity index (χ0v) is 12.7. The molecular formula is C16H16BrCl. The summed E-state index contributed by atoms with van der Waals surface area (Å²) in [4.78, 5) is 0. The van der Waals surface area contributed by atoms with E-state index in [9.17, 15) is 0 Å². The van der Waals surface area contributed by atoms with Gasteiger partial charge in [-0.25, -0.2) is 0 Å². The van der Waals surface area contributed by atoms with E-state index in [1.54, 1.807) is 0 Å². The lowest BCUT2D eigenvalue weighted by Crippen LogP contribution is -1.93. The van der Waals surface area contributed by atoms with Crippen molar-refractivity contribution in [2.75, 3.05) is 0 Å². The number of aryl methyl sites for hydroxylation is 1. The van der Waals surface area contributed by atoms with E-state index >= 15 is 0 Å². The Morgan fingerprint density at radius 1 is 0.944 bits per heavy atom. The van der Waals surface area contributed by atoms with Gasteiger partial charge in [0.1, 0.15) is 0 Å². The molecule has 0 saturated carbocycles. The molecule has 0 amide bonds. The molecule has 0 nitrogen and oxygen atoms in total. The third kappa shape index (κ3) is 3.37. The van der Waals surface area contributed by atoms with E-state index in [1.165, 1.54) is 12.0 Å². The number of rotatable bonds is 4. The Kier molecular flexibility index (Phi) is 4.85. The number of benzene rings is 2. The first-order valence-electron chi connectivity index (χ1n) is 6.19. The van der Waals surface area contributed by atoms with Crippen LogP contribution in [0.25, 0.3) is 0 Å². The maximum atomic E-state index is 6.50. The van der Waals surface area contributed by atoms with Crippen molar-refractivity contribution in [3.8, 4) is 0 Å². The van der Waals surface area contributed by atoms with E-state index in [0.29, 0.717) is 0 Å². The van der Waals surface area contributed by atoms with Crippen molar-refractivity contribution in [3.05, 3.63) is 69.7 Å². The van der Waals surface area contributed by atoms with Crippen molar-refractivity contribution >= 4 is 27.5 Å². The van der Waals surface area contributed by atoms with Crippen LogP contribution in [0.1, 0.15) is 35.4 Å². The highest BCUT2D eigenvalue weighted by Crippen LogP contribution is 2.29. The van der Waals surface area contributed by atoms with Gasteiger partial charge in [0.2, 0.25) is 0 Å². The zero-order chi connectivity index (χ0) is 13.0. The summed E-state index contributed by atoms with van der Waals surface area (Å²) in [5, 5.41) is -0.0752. The van der Waals surface area contributed by atoms with Gasteiger partial charge in [-0.1, -0.05) is 65.7 Å². The van der Waals surface area contributed by atoms with E-state index in [0.717, 1.165) is 22.0 Å². The fourth-order valence-corrected chi connectivity index (χ4v) is 2.52. The van der Waals surface area contributed by atoms with E-state index in [2.05, 4.69) is 59.3 Å². The second-order valence-corrected chi connectivity index (χ2v) is 5.76. The van der Waals surface area contributed by atoms with Gasteiger partial charge < -0.3 is 0 Å². The van der Waals surface area contributed by atoms with Crippen LogP contribution in [0.2, 0.25) is 0 Å². The van der Waals surface area contributed by atoms with Gasteiger partial charge in [-0.15, -0.1) is 11.6 Å². The number of alkyl halides is 1. The number of halogens is 2. The summed E-state index contributed by atoms with van der Waals surface area (Å²) in [6.07, 6.45) is 2.31. The summed E-state index contributed by atoms with van der Waals surface area (Å²) < 4.78 is 1.08. The fraction of sp³-hybridized carbons (Fsp3) is 0.250. The van der Waals surface area contributed by atoms with Gasteiger partial charge in [-0.2, -0.15) is 0 Å². The molecule has 0 radical (unpaired) electrons. The predicted octanol–water partition coefficient (Wildman–Crippen LogP) is 5.73. The first-order valence-corrected chi connectivity index (χ1v) is 7.42. The minimum Gasteiger partial charge on any atom is -0.113 e. The van der Waals surface area contributed by atoms with Crippen molar-refractivity contribution in [2.24, 2.45) is 0 Å². The van der Waals surface area contributed by atoms with E-state index < -0.39 is 0 Å². The van der Waals surface area contributed by atoms with Crippen LogP contribution in [-0.2, 0) is 6.42 Å². The Labute approximate surface area is 122 Å². The minimum absolute atomic E-state index is 0.0752. The van der Waals surface area contributed by atoms with Gasteiger partial charge in [-0.05, 0) is 35.2 Å². The molecule has 0 N–H and O–H groups in total. The maximum Gasteiger partial charge on any atom is 0.0835 e. The molecule has 1 atom stereocenters. The van der Waals surface area contributed by atoms with Crippen LogP contribution in [0, 0.1) is 0 Å². The number of hydrogen-bond acceptors (Lipinski definition) is 0. The van der Waals surface area contributed by atoms with Gasteiger partial charge >= 0.3 is 0 Å². The summed E-state index contributed by atoms with van der Waals surface area (Å²) >= 11 is 9.93. The van der Waals surface area contributed by atoms with Crippen LogP contribution in [0.3, 0.4) is 0 Å². The van der Waals surface area contributed by atoms with E-state index in [4.69, 9.17) is 11.6 Å². The summed E-state index contributed by atoms with van der Waals surface area (Å²) in [6.45, 7) is 2.19. The van der Waals surface area contributed by atoms with Crippen LogP contribution in [0.4, 0.5) is 0 Å². The summed E-state index contributed by atoms with van der Waals surface area (Å²) in [7, 11) is 0. The topological polar surface area (TPSA) is 0 Å². The standard InChI is InChI=1S/C16H16BrCl/c1-2-3-12-4-6-13(7-5-12)16(18)14-8-10-15(17)11-9-14/h4-11,16H,2-3H2,1H3. The molecule has 2 aromatic rings. The quantitative estimate of drug-likeness (QED) is 0.630. The third-order valence-electron chi connectivity index (χ3n) is 2.97. The molecular weight excluding hydrogens is 308 g/mol. The lowest BCUT2D eigenvalue weighted by molar-refractivity contribution is 0.920. The molecule has 0 spiro atoms. The second kappa shape index (κ2) is 6.40. The predicted molar refractivity (Wildman–Crippen MR) is 82.3 cm³/mol. The van der Waals surface area contributed by atoms with Crippen LogP contribution < -0.4 is 0 Å². The van der Waals surface area contributed by atoms with Crippen LogP contribution >= 0.6 is 27.5 Å². The fourth-order valence-electron chi connectivity index (χ4n) is 1.97. The lowest BCUT2D eigenvalue weighted by atomic mass is 10.0. The second-order valence-electron chi connectivity index (χ2n) is 4.41. The summed E-state index contributed by atoms with van der Waals surface area (Å²) in [5.41, 5.74) is 3.66. The summed E-state index contributed by atoms with van der Waals surface area (Å²) in [6, 6.07) is 16.8. The molecule has 0 aromatic heterocycles. The molecule has 2 aromatic carbocycles. The van der Waals surface area contributed by atoms with Crippen LogP contribution in [0.5, 0.6) is 0 Å². The molecule has 0 aliphatic rings. The molecule has 1 unspecified atom stereocenters. The normalized spacial score (nSPS) is 12.4. The monoisotopic (exact) mass is 322 g/mol. The van der Waals surface area contributed by atoms with Crippen molar-refractivity contribution in [1.29, 1.82) is 0 Å². The van der Waals surface area contributed by atoms with Gasteiger partial charge in [0.05, 0.1) is 5.38 Å². The first-order chi connectivity index (χ1) is 8.70. The Morgan fingerprint density at radius 2 is 1.44 bits per heavy atom. The molecule has 2 heteroatoms. The molecule has 0 saturated heterocycles. The minimum atomic E-state index is -0.0752. The van der Waals surface area contributed by atoms with Gasteiger partial charge in [0, 0.05) is 4.47 Å². The van der Waals surface area contributed by atoms with Crippen molar-refractivity contribution in [3.63, 3.8) is 0 Å². The van der Waals surface area contributed by atoms with E-state index in [1.807, 2.05) is 12.1 Å². The average molecular weight is 324 g/mol. The number of hydrogen-bond donors (Lipinski definition) is 0. The highest BCUT2D eigenvalue weighted by Gasteiger charge is 2.10. The first kappa shape index (κ1) is 13.6. The zero-order valence-electron chi connectivity index (χ0n) is 10.4. The Balaban J connectivity index is 2.17. The van der Waals surface area contributed by atoms with Gasteiger partial charge in [0.25, 0.3) is 0 Å². The molecule has 0 bridgehead atoms. The smallest absolute Gasteiger partial charge is 0.0835 e. The highest BCUT2D eigenvalue weighted by molar-refractivity contribution is 9.10. The molecule has 0 heterocycles. The van der Waals surface area contributed by atoms with Crippen molar-refractivity contribution in [2.45, 2.75) is 25.1 Å². The van der Waals surface area contributed by atoms with Gasteiger partial charge in [-0.3, -0.25) is 0 Å². The third-order valence-corrected chi connectivity index (χ3v) is 4.01. The van der Waals surface area contributed by atoms with Crippen molar-refractivity contribution in [1.82, 2.24) is 0 Å². The highest BCUT2D eigenvalue weighted by atomic mass is 79.9. The largest absolute Gasteiger partial charge is 0.113 e. The molecule has 0 fully saturated rings. The lowest BCUT2D eigenvalue weighted by Gasteiger charge is -2.11. The SMILES string of the molecule is CCCc1ccc(C(Cl)c2ccc(Br)cc2)cc1. The Hall–Kier alpha value is -0.790. The summed E-state index contributed by atoms with van der Waals surface area (Å²) in [5.74, 6) is 0. The van der Waals surface area contributed by atoms with Gasteiger partial charge in [0.15, 0.2) is 0 Å². The Bertz CT molecular complexity index is 488. The van der Waals surface area contributed by atoms with Crippen LogP contribution in [-0.4, -0.2) is 0 Å². The van der Waals surface area contributed by atoms with Crippen molar-refractivity contribution < 1.29 is 0 Å². The Morgan fingerprint density at radius 3 is 1.94 bits per heavy atom. The molecule has 94 valence electrons. The molecule has 0 aliphatic carbocycles.